The summed E-state index contributed by atoms with van der Waals surface area (Å²) < 4.78 is 0. The Morgan fingerprint density at radius 2 is 1.83 bits per heavy atom. The largest absolute Gasteiger partial charge is 0.313 e. The minimum atomic E-state index is 0.729. The fourth-order valence-corrected chi connectivity index (χ4v) is 3.20. The highest BCUT2D eigenvalue weighted by Gasteiger charge is 2.47. The standard InChI is InChI=1S/C11H21N/c1-9(2)10-11(8-12-10)6-4-3-5-7-11/h9-10,12H,3-8H2,1-2H3/t10-/m0/s1. The van der Waals surface area contributed by atoms with Gasteiger partial charge in [0, 0.05) is 12.6 Å². The van der Waals surface area contributed by atoms with Crippen molar-refractivity contribution in [3.63, 3.8) is 0 Å². The van der Waals surface area contributed by atoms with Crippen LogP contribution in [0.15, 0.2) is 0 Å². The Hall–Kier alpha value is -0.0400. The lowest BCUT2D eigenvalue weighted by Gasteiger charge is -2.55. The molecular weight excluding hydrogens is 146 g/mol. The Bertz CT molecular complexity index is 156. The lowest BCUT2D eigenvalue weighted by atomic mass is 9.61. The zero-order valence-corrected chi connectivity index (χ0v) is 8.40. The second kappa shape index (κ2) is 3.02. The maximum atomic E-state index is 3.61. The Kier molecular flexibility index (Phi) is 2.16. The van der Waals surface area contributed by atoms with Crippen LogP contribution in [0.25, 0.3) is 0 Å². The van der Waals surface area contributed by atoms with Crippen molar-refractivity contribution in [2.75, 3.05) is 6.54 Å². The van der Waals surface area contributed by atoms with Crippen LogP contribution in [-0.4, -0.2) is 12.6 Å². The van der Waals surface area contributed by atoms with Gasteiger partial charge in [0.15, 0.2) is 0 Å². The van der Waals surface area contributed by atoms with Crippen LogP contribution in [0.4, 0.5) is 0 Å². The van der Waals surface area contributed by atoms with Crippen molar-refractivity contribution in [2.45, 2.75) is 52.0 Å². The maximum Gasteiger partial charge on any atom is 0.0159 e. The Labute approximate surface area is 75.9 Å². The molecule has 1 N–H and O–H groups in total. The van der Waals surface area contributed by atoms with Crippen LogP contribution in [0.3, 0.4) is 0 Å². The minimum Gasteiger partial charge on any atom is -0.313 e. The molecule has 1 saturated heterocycles. The minimum absolute atomic E-state index is 0.729. The summed E-state index contributed by atoms with van der Waals surface area (Å²) in [7, 11) is 0. The summed E-state index contributed by atoms with van der Waals surface area (Å²) >= 11 is 0. The quantitative estimate of drug-likeness (QED) is 0.633. The molecule has 2 rings (SSSR count). The Morgan fingerprint density at radius 3 is 2.25 bits per heavy atom. The van der Waals surface area contributed by atoms with Crippen molar-refractivity contribution in [1.29, 1.82) is 0 Å². The van der Waals surface area contributed by atoms with E-state index in [0.29, 0.717) is 0 Å². The summed E-state index contributed by atoms with van der Waals surface area (Å²) in [5.74, 6) is 0.830. The van der Waals surface area contributed by atoms with Crippen molar-refractivity contribution in [3.05, 3.63) is 0 Å². The van der Waals surface area contributed by atoms with Gasteiger partial charge in [-0.15, -0.1) is 0 Å². The van der Waals surface area contributed by atoms with Gasteiger partial charge >= 0.3 is 0 Å². The smallest absolute Gasteiger partial charge is 0.0159 e. The molecule has 1 spiro atoms. The van der Waals surface area contributed by atoms with E-state index in [1.165, 1.54) is 38.6 Å². The van der Waals surface area contributed by atoms with Gasteiger partial charge in [-0.1, -0.05) is 33.1 Å². The highest BCUT2D eigenvalue weighted by molar-refractivity contribution is 5.03. The molecule has 1 aliphatic carbocycles. The molecule has 2 aliphatic rings. The molecule has 1 heteroatoms. The summed E-state index contributed by atoms with van der Waals surface area (Å²) in [6, 6.07) is 0.831. The SMILES string of the molecule is CC(C)[C@@H]1NCC12CCCCC2. The molecule has 12 heavy (non-hydrogen) atoms. The third-order valence-electron chi connectivity index (χ3n) is 3.85. The third-order valence-corrected chi connectivity index (χ3v) is 3.85. The molecule has 2 fully saturated rings. The van der Waals surface area contributed by atoms with Gasteiger partial charge in [0.05, 0.1) is 0 Å². The van der Waals surface area contributed by atoms with E-state index in [1.54, 1.807) is 0 Å². The monoisotopic (exact) mass is 167 g/mol. The van der Waals surface area contributed by atoms with Gasteiger partial charge in [-0.3, -0.25) is 0 Å². The fraction of sp³-hybridized carbons (Fsp3) is 1.00. The van der Waals surface area contributed by atoms with Crippen molar-refractivity contribution in [3.8, 4) is 0 Å². The average molecular weight is 167 g/mol. The molecule has 1 heterocycles. The highest BCUT2D eigenvalue weighted by atomic mass is 15.0. The van der Waals surface area contributed by atoms with E-state index >= 15 is 0 Å². The van der Waals surface area contributed by atoms with E-state index in [0.717, 1.165) is 17.4 Å². The normalized spacial score (nSPS) is 33.8. The van der Waals surface area contributed by atoms with E-state index in [9.17, 15) is 0 Å². The average Bonchev–Trinajstić information content (AvgIpc) is 2.03. The first-order chi connectivity index (χ1) is 5.75. The molecule has 0 unspecified atom stereocenters. The van der Waals surface area contributed by atoms with Crippen molar-refractivity contribution < 1.29 is 0 Å². The first-order valence-electron chi connectivity index (χ1n) is 5.48. The van der Waals surface area contributed by atoms with Crippen LogP contribution >= 0.6 is 0 Å². The highest BCUT2D eigenvalue weighted by Crippen LogP contribution is 2.45. The number of nitrogens with one attached hydrogen (secondary N) is 1. The van der Waals surface area contributed by atoms with E-state index in [1.807, 2.05) is 0 Å². The molecule has 1 nitrogen and oxygen atoms in total. The van der Waals surface area contributed by atoms with Gasteiger partial charge in [0.2, 0.25) is 0 Å². The number of rotatable bonds is 1. The summed E-state index contributed by atoms with van der Waals surface area (Å²) in [5.41, 5.74) is 0.729. The zero-order chi connectivity index (χ0) is 8.60. The van der Waals surface area contributed by atoms with Crippen LogP contribution in [0.2, 0.25) is 0 Å². The van der Waals surface area contributed by atoms with E-state index < -0.39 is 0 Å². The van der Waals surface area contributed by atoms with Gasteiger partial charge in [0.1, 0.15) is 0 Å². The van der Waals surface area contributed by atoms with E-state index in [-0.39, 0.29) is 0 Å². The Balaban J connectivity index is 2.00. The summed E-state index contributed by atoms with van der Waals surface area (Å²) in [6.45, 7) is 6.01. The van der Waals surface area contributed by atoms with E-state index in [2.05, 4.69) is 19.2 Å². The number of hydrogen-bond donors (Lipinski definition) is 1. The maximum absolute atomic E-state index is 3.61. The molecular formula is C11H21N. The van der Waals surface area contributed by atoms with Gasteiger partial charge in [-0.2, -0.15) is 0 Å². The fourth-order valence-electron chi connectivity index (χ4n) is 3.20. The van der Waals surface area contributed by atoms with Gasteiger partial charge in [-0.25, -0.2) is 0 Å². The zero-order valence-electron chi connectivity index (χ0n) is 8.40. The molecule has 0 radical (unpaired) electrons. The molecule has 70 valence electrons. The van der Waals surface area contributed by atoms with Crippen LogP contribution in [0, 0.1) is 11.3 Å². The van der Waals surface area contributed by atoms with Crippen LogP contribution < -0.4 is 5.32 Å². The van der Waals surface area contributed by atoms with Gasteiger partial charge < -0.3 is 5.32 Å². The Morgan fingerprint density at radius 1 is 1.17 bits per heavy atom. The molecule has 0 aromatic carbocycles. The van der Waals surface area contributed by atoms with Crippen LogP contribution in [0.1, 0.15) is 46.0 Å². The summed E-state index contributed by atoms with van der Waals surface area (Å²) in [5, 5.41) is 3.61. The summed E-state index contributed by atoms with van der Waals surface area (Å²) in [4.78, 5) is 0. The molecule has 1 saturated carbocycles. The predicted molar refractivity (Wildman–Crippen MR) is 52.1 cm³/mol. The molecule has 1 atom stereocenters. The van der Waals surface area contributed by atoms with Crippen molar-refractivity contribution in [2.24, 2.45) is 11.3 Å². The second-order valence-corrected chi connectivity index (χ2v) is 5.03. The second-order valence-electron chi connectivity index (χ2n) is 5.03. The topological polar surface area (TPSA) is 12.0 Å². The predicted octanol–water partition coefficient (Wildman–Crippen LogP) is 2.56. The third kappa shape index (κ3) is 1.19. The van der Waals surface area contributed by atoms with Gasteiger partial charge in [0.25, 0.3) is 0 Å². The molecule has 0 amide bonds. The molecule has 0 aromatic heterocycles. The first kappa shape index (κ1) is 8.55. The number of hydrogen-bond acceptors (Lipinski definition) is 1. The summed E-state index contributed by atoms with van der Waals surface area (Å²) in [6.07, 6.45) is 7.41. The molecule has 1 aliphatic heterocycles. The van der Waals surface area contributed by atoms with Crippen molar-refractivity contribution in [1.82, 2.24) is 5.32 Å². The van der Waals surface area contributed by atoms with Crippen molar-refractivity contribution >= 4 is 0 Å². The van der Waals surface area contributed by atoms with Gasteiger partial charge in [-0.05, 0) is 24.2 Å². The van der Waals surface area contributed by atoms with Crippen LogP contribution in [-0.2, 0) is 0 Å². The molecule has 0 aromatic rings. The van der Waals surface area contributed by atoms with Crippen LogP contribution in [0.5, 0.6) is 0 Å². The van der Waals surface area contributed by atoms with E-state index in [4.69, 9.17) is 0 Å². The molecule has 0 bridgehead atoms. The lowest BCUT2D eigenvalue weighted by Crippen LogP contribution is -2.65. The lowest BCUT2D eigenvalue weighted by molar-refractivity contribution is 0.0110. The first-order valence-corrected chi connectivity index (χ1v) is 5.48.